The van der Waals surface area contributed by atoms with E-state index in [0.29, 0.717) is 0 Å². The molecule has 0 spiro atoms. The molecule has 2 atom stereocenters. The lowest BCUT2D eigenvalue weighted by Gasteiger charge is -2.27. The number of nitrogens with zero attached hydrogens (tertiary/aromatic N) is 1. The van der Waals surface area contributed by atoms with Crippen molar-refractivity contribution in [3.05, 3.63) is 80.9 Å². The second-order valence-corrected chi connectivity index (χ2v) is 7.75. The first-order valence-electron chi connectivity index (χ1n) is 8.95. The van der Waals surface area contributed by atoms with Crippen LogP contribution < -0.4 is 15.8 Å². The minimum absolute atomic E-state index is 0.0903. The molecule has 28 heavy (non-hydrogen) atoms. The van der Waals surface area contributed by atoms with E-state index in [9.17, 15) is 14.4 Å². The number of thiophene rings is 1. The fourth-order valence-corrected chi connectivity index (χ4v) is 4.39. The molecule has 3 aromatic rings. The number of pyridine rings is 1. The van der Waals surface area contributed by atoms with Crippen LogP contribution in [0.4, 0.5) is 11.4 Å². The Labute approximate surface area is 165 Å². The Hall–Kier alpha value is -3.19. The van der Waals surface area contributed by atoms with E-state index >= 15 is 0 Å². The largest absolute Gasteiger partial charge is 0.327 e. The highest BCUT2D eigenvalue weighted by Crippen LogP contribution is 2.43. The van der Waals surface area contributed by atoms with Gasteiger partial charge < -0.3 is 15.2 Å². The van der Waals surface area contributed by atoms with Crippen LogP contribution in [0.5, 0.6) is 0 Å². The molecule has 2 amide bonds. The van der Waals surface area contributed by atoms with Gasteiger partial charge in [-0.2, -0.15) is 0 Å². The summed E-state index contributed by atoms with van der Waals surface area (Å²) in [6.45, 7) is 1.99. The van der Waals surface area contributed by atoms with Gasteiger partial charge in [0.25, 0.3) is 5.56 Å². The molecule has 1 fully saturated rings. The highest BCUT2D eigenvalue weighted by molar-refractivity contribution is 7.10. The number of aryl methyl sites for hydroxylation is 1. The van der Waals surface area contributed by atoms with Crippen molar-refractivity contribution in [2.24, 2.45) is 5.92 Å². The molecule has 6 nitrogen and oxygen atoms in total. The first kappa shape index (κ1) is 18.2. The van der Waals surface area contributed by atoms with Gasteiger partial charge in [-0.3, -0.25) is 14.4 Å². The number of benzene rings is 1. The third-order valence-corrected chi connectivity index (χ3v) is 5.83. The lowest BCUT2D eigenvalue weighted by Crippen LogP contribution is -2.32. The van der Waals surface area contributed by atoms with Crippen LogP contribution in [0.1, 0.15) is 22.9 Å². The summed E-state index contributed by atoms with van der Waals surface area (Å²) >= 11 is 1.51. The second-order valence-electron chi connectivity index (χ2n) is 6.77. The molecule has 3 heterocycles. The van der Waals surface area contributed by atoms with Crippen LogP contribution in [0, 0.1) is 12.8 Å². The van der Waals surface area contributed by atoms with Gasteiger partial charge in [0, 0.05) is 23.2 Å². The molecule has 7 heteroatoms. The number of H-pyrrole nitrogens is 1. The smallest absolute Gasteiger partial charge is 0.271 e. The van der Waals surface area contributed by atoms with E-state index in [2.05, 4.69) is 10.3 Å². The van der Waals surface area contributed by atoms with Crippen molar-refractivity contribution in [1.82, 2.24) is 4.98 Å². The normalized spacial score (nSPS) is 19.0. The predicted molar refractivity (Wildman–Crippen MR) is 110 cm³/mol. The molecule has 0 unspecified atom stereocenters. The Morgan fingerprint density at radius 2 is 1.93 bits per heavy atom. The Balaban J connectivity index is 1.69. The maximum atomic E-state index is 13.0. The molecule has 0 saturated carbocycles. The van der Waals surface area contributed by atoms with Crippen molar-refractivity contribution in [2.75, 3.05) is 10.2 Å². The van der Waals surface area contributed by atoms with Crippen LogP contribution in [0.15, 0.2) is 64.9 Å². The summed E-state index contributed by atoms with van der Waals surface area (Å²) in [6, 6.07) is 14.3. The quantitative estimate of drug-likeness (QED) is 0.712. The third kappa shape index (κ3) is 3.36. The Kier molecular flexibility index (Phi) is 4.83. The molecule has 2 aromatic heterocycles. The average Bonchev–Trinajstić information content (AvgIpc) is 3.32. The summed E-state index contributed by atoms with van der Waals surface area (Å²) in [7, 11) is 0. The number of amides is 2. The highest BCUT2D eigenvalue weighted by Gasteiger charge is 2.45. The molecule has 4 rings (SSSR count). The van der Waals surface area contributed by atoms with Crippen molar-refractivity contribution in [1.29, 1.82) is 0 Å². The molecule has 1 aromatic carbocycles. The van der Waals surface area contributed by atoms with E-state index in [1.165, 1.54) is 17.5 Å². The number of aromatic nitrogens is 1. The average molecular weight is 393 g/mol. The summed E-state index contributed by atoms with van der Waals surface area (Å²) < 4.78 is 0. The monoisotopic (exact) mass is 393 g/mol. The van der Waals surface area contributed by atoms with Gasteiger partial charge in [-0.1, -0.05) is 23.8 Å². The van der Waals surface area contributed by atoms with Crippen LogP contribution in [0.3, 0.4) is 0 Å². The molecule has 0 radical (unpaired) electrons. The Bertz CT molecular complexity index is 1060. The number of rotatable bonds is 4. The molecule has 0 bridgehead atoms. The molecule has 1 saturated heterocycles. The Morgan fingerprint density at radius 1 is 1.14 bits per heavy atom. The summed E-state index contributed by atoms with van der Waals surface area (Å²) in [6.07, 6.45) is 1.59. The van der Waals surface area contributed by atoms with E-state index in [1.807, 2.05) is 48.7 Å². The standard InChI is InChI=1S/C21H19N3O3S/c1-13-6-8-14(9-7-13)24-18(25)12-15(19(24)17-5-3-11-28-17)20(26)23-16-4-2-10-22-21(16)27/h2-11,15,19H,12H2,1H3,(H,22,27)(H,23,26)/t15-,19+/m0/s1. The zero-order valence-electron chi connectivity index (χ0n) is 15.2. The van der Waals surface area contributed by atoms with Gasteiger partial charge in [0.05, 0.1) is 12.0 Å². The summed E-state index contributed by atoms with van der Waals surface area (Å²) in [4.78, 5) is 43.0. The van der Waals surface area contributed by atoms with Crippen LogP contribution in [-0.4, -0.2) is 16.8 Å². The third-order valence-electron chi connectivity index (χ3n) is 4.88. The van der Waals surface area contributed by atoms with Gasteiger partial charge in [-0.15, -0.1) is 11.3 Å². The zero-order chi connectivity index (χ0) is 19.7. The lowest BCUT2D eigenvalue weighted by atomic mass is 9.97. The number of anilines is 2. The molecule has 1 aliphatic heterocycles. The zero-order valence-corrected chi connectivity index (χ0v) is 16.0. The van der Waals surface area contributed by atoms with Crippen molar-refractivity contribution in [3.63, 3.8) is 0 Å². The molecule has 0 aliphatic carbocycles. The minimum Gasteiger partial charge on any atom is -0.327 e. The van der Waals surface area contributed by atoms with Gasteiger partial charge in [0.2, 0.25) is 11.8 Å². The van der Waals surface area contributed by atoms with Gasteiger partial charge in [-0.05, 0) is 42.6 Å². The first-order chi connectivity index (χ1) is 13.5. The number of hydrogen-bond donors (Lipinski definition) is 2. The van der Waals surface area contributed by atoms with Gasteiger partial charge in [0.1, 0.15) is 5.69 Å². The molecular weight excluding hydrogens is 374 g/mol. The van der Waals surface area contributed by atoms with Gasteiger partial charge in [-0.25, -0.2) is 0 Å². The summed E-state index contributed by atoms with van der Waals surface area (Å²) in [5, 5.41) is 4.62. The topological polar surface area (TPSA) is 82.3 Å². The fourth-order valence-electron chi connectivity index (χ4n) is 3.51. The maximum absolute atomic E-state index is 13.0. The molecular formula is C21H19N3O3S. The summed E-state index contributed by atoms with van der Waals surface area (Å²) in [5.74, 6) is -1.03. The van der Waals surface area contributed by atoms with Crippen LogP contribution >= 0.6 is 11.3 Å². The van der Waals surface area contributed by atoms with Crippen molar-refractivity contribution >= 4 is 34.5 Å². The number of nitrogens with one attached hydrogen (secondary N) is 2. The van der Waals surface area contributed by atoms with Gasteiger partial charge in [0.15, 0.2) is 0 Å². The Morgan fingerprint density at radius 3 is 2.61 bits per heavy atom. The van der Waals surface area contributed by atoms with Crippen LogP contribution in [0.2, 0.25) is 0 Å². The van der Waals surface area contributed by atoms with Crippen LogP contribution in [0.25, 0.3) is 0 Å². The second kappa shape index (κ2) is 7.44. The number of carbonyl (C=O) groups excluding carboxylic acids is 2. The first-order valence-corrected chi connectivity index (χ1v) is 9.83. The maximum Gasteiger partial charge on any atom is 0.271 e. The number of aromatic amines is 1. The van der Waals surface area contributed by atoms with E-state index < -0.39 is 12.0 Å². The predicted octanol–water partition coefficient (Wildman–Crippen LogP) is 3.48. The van der Waals surface area contributed by atoms with Gasteiger partial charge >= 0.3 is 0 Å². The number of carbonyl (C=O) groups is 2. The van der Waals surface area contributed by atoms with Crippen LogP contribution in [-0.2, 0) is 9.59 Å². The van der Waals surface area contributed by atoms with Crippen molar-refractivity contribution in [3.8, 4) is 0 Å². The fraction of sp³-hybridized carbons (Fsp3) is 0.190. The molecule has 2 N–H and O–H groups in total. The van der Waals surface area contributed by atoms with E-state index in [-0.39, 0.29) is 29.5 Å². The van der Waals surface area contributed by atoms with E-state index in [1.54, 1.807) is 17.0 Å². The highest BCUT2D eigenvalue weighted by atomic mass is 32.1. The van der Waals surface area contributed by atoms with E-state index in [4.69, 9.17) is 0 Å². The summed E-state index contributed by atoms with van der Waals surface area (Å²) in [5.41, 5.74) is 1.67. The molecule has 142 valence electrons. The molecule has 1 aliphatic rings. The van der Waals surface area contributed by atoms with E-state index in [0.717, 1.165) is 16.1 Å². The van der Waals surface area contributed by atoms with Crippen molar-refractivity contribution in [2.45, 2.75) is 19.4 Å². The SMILES string of the molecule is Cc1ccc(N2C(=O)C[C@H](C(=O)Nc3ccc[nH]c3=O)[C@@H]2c2cccs2)cc1. The van der Waals surface area contributed by atoms with Crippen molar-refractivity contribution < 1.29 is 9.59 Å². The minimum atomic E-state index is -0.591. The lowest BCUT2D eigenvalue weighted by molar-refractivity contribution is -0.122. The number of hydrogen-bond acceptors (Lipinski definition) is 4.